The van der Waals surface area contributed by atoms with Crippen molar-refractivity contribution in [2.75, 3.05) is 33.2 Å². The molecule has 35 heavy (non-hydrogen) atoms. The number of benzene rings is 2. The second-order valence-electron chi connectivity index (χ2n) is 7.13. The zero-order valence-electron chi connectivity index (χ0n) is 18.9. The quantitative estimate of drug-likeness (QED) is 0.385. The maximum Gasteiger partial charge on any atom is 0.418 e. The highest BCUT2D eigenvalue weighted by Gasteiger charge is 2.34. The molecule has 0 aromatic heterocycles. The van der Waals surface area contributed by atoms with E-state index >= 15 is 0 Å². The smallest absolute Gasteiger partial charge is 0.418 e. The highest BCUT2D eigenvalue weighted by molar-refractivity contribution is 8.26. The molecule has 1 heterocycles. The summed E-state index contributed by atoms with van der Waals surface area (Å²) in [6.45, 7) is -0.0860. The maximum atomic E-state index is 13.1. The van der Waals surface area contributed by atoms with Crippen molar-refractivity contribution in [1.82, 2.24) is 4.90 Å². The monoisotopic (exact) mass is 526 g/mol. The molecule has 1 aliphatic heterocycles. The Balaban J connectivity index is 1.71. The first-order valence-corrected chi connectivity index (χ1v) is 11.3. The number of hydrogen-bond donors (Lipinski definition) is 1. The predicted octanol–water partition coefficient (Wildman–Crippen LogP) is 4.96. The van der Waals surface area contributed by atoms with Crippen molar-refractivity contribution in [2.24, 2.45) is 0 Å². The summed E-state index contributed by atoms with van der Waals surface area (Å²) in [6.07, 6.45) is -3.25. The Kier molecular flexibility index (Phi) is 8.28. The number of alkyl halides is 3. The van der Waals surface area contributed by atoms with Gasteiger partial charge in [-0.15, -0.1) is 0 Å². The van der Waals surface area contributed by atoms with Crippen LogP contribution < -0.4 is 19.5 Å². The van der Waals surface area contributed by atoms with E-state index < -0.39 is 23.6 Å². The van der Waals surface area contributed by atoms with Gasteiger partial charge in [-0.25, -0.2) is 0 Å². The Morgan fingerprint density at radius 3 is 2.31 bits per heavy atom. The topological polar surface area (TPSA) is 77.1 Å². The first-order chi connectivity index (χ1) is 16.6. The number of carbonyl (C=O) groups excluding carboxylic acids is 2. The Bertz CT molecular complexity index is 1160. The number of rotatable bonds is 8. The maximum absolute atomic E-state index is 13.1. The van der Waals surface area contributed by atoms with Crippen LogP contribution in [0.5, 0.6) is 17.2 Å². The van der Waals surface area contributed by atoms with E-state index in [4.69, 9.17) is 26.4 Å². The zero-order valence-corrected chi connectivity index (χ0v) is 20.5. The van der Waals surface area contributed by atoms with E-state index in [1.165, 1.54) is 44.4 Å². The molecule has 7 nitrogen and oxygen atoms in total. The fourth-order valence-corrected chi connectivity index (χ4v) is 4.60. The van der Waals surface area contributed by atoms with Crippen molar-refractivity contribution in [3.8, 4) is 17.2 Å². The van der Waals surface area contributed by atoms with Crippen LogP contribution in [0.25, 0.3) is 6.08 Å². The van der Waals surface area contributed by atoms with E-state index in [1.807, 2.05) is 0 Å². The van der Waals surface area contributed by atoms with Crippen molar-refractivity contribution >= 4 is 51.9 Å². The van der Waals surface area contributed by atoms with Crippen molar-refractivity contribution in [1.29, 1.82) is 0 Å². The largest absolute Gasteiger partial charge is 0.493 e. The average molecular weight is 527 g/mol. The number of nitrogens with zero attached hydrogens (tertiary/aromatic N) is 1. The highest BCUT2D eigenvalue weighted by Crippen LogP contribution is 2.40. The van der Waals surface area contributed by atoms with Crippen LogP contribution in [0, 0.1) is 0 Å². The summed E-state index contributed by atoms with van der Waals surface area (Å²) in [5.41, 5.74) is -0.702. The molecule has 2 amide bonds. The lowest BCUT2D eigenvalue weighted by molar-refractivity contribution is -0.137. The lowest BCUT2D eigenvalue weighted by Gasteiger charge is -2.16. The van der Waals surface area contributed by atoms with Gasteiger partial charge >= 0.3 is 6.18 Å². The molecule has 1 fully saturated rings. The van der Waals surface area contributed by atoms with E-state index in [1.54, 1.807) is 18.2 Å². The molecule has 0 aliphatic carbocycles. The van der Waals surface area contributed by atoms with Crippen LogP contribution >= 0.6 is 24.0 Å². The molecule has 0 spiro atoms. The summed E-state index contributed by atoms with van der Waals surface area (Å²) in [7, 11) is 4.42. The number of anilines is 1. The number of para-hydroxylation sites is 1. The summed E-state index contributed by atoms with van der Waals surface area (Å²) in [4.78, 5) is 26.8. The molecule has 1 aliphatic rings. The van der Waals surface area contributed by atoms with Gasteiger partial charge in [0.25, 0.3) is 5.91 Å². The molecule has 1 saturated heterocycles. The molecular formula is C23H21F3N2O5S2. The normalized spacial score (nSPS) is 14.9. The van der Waals surface area contributed by atoms with Gasteiger partial charge in [-0.1, -0.05) is 36.1 Å². The van der Waals surface area contributed by atoms with Gasteiger partial charge in [-0.05, 0) is 35.9 Å². The summed E-state index contributed by atoms with van der Waals surface area (Å²) < 4.78 is 55.6. The Hall–Kier alpha value is -3.25. The third-order valence-electron chi connectivity index (χ3n) is 4.93. The molecule has 12 heteroatoms. The van der Waals surface area contributed by atoms with Crippen molar-refractivity contribution in [2.45, 2.75) is 12.6 Å². The van der Waals surface area contributed by atoms with Crippen LogP contribution in [0.2, 0.25) is 0 Å². The number of halogens is 3. The second-order valence-corrected chi connectivity index (χ2v) is 8.81. The molecule has 2 aromatic rings. The second kappa shape index (κ2) is 11.0. The summed E-state index contributed by atoms with van der Waals surface area (Å²) in [5, 5.41) is 2.26. The Morgan fingerprint density at radius 2 is 1.74 bits per heavy atom. The first kappa shape index (κ1) is 26.4. The highest BCUT2D eigenvalue weighted by atomic mass is 32.2. The third-order valence-corrected chi connectivity index (χ3v) is 6.31. The predicted molar refractivity (Wildman–Crippen MR) is 131 cm³/mol. The van der Waals surface area contributed by atoms with Gasteiger partial charge in [0.2, 0.25) is 11.7 Å². The number of nitrogens with one attached hydrogen (secondary N) is 1. The number of carbonyl (C=O) groups is 2. The number of ether oxygens (including phenoxy) is 3. The summed E-state index contributed by atoms with van der Waals surface area (Å²) in [6, 6.07) is 8.00. The van der Waals surface area contributed by atoms with E-state index in [2.05, 4.69) is 5.32 Å². The van der Waals surface area contributed by atoms with Crippen LogP contribution in [0.3, 0.4) is 0 Å². The van der Waals surface area contributed by atoms with Gasteiger partial charge in [0.05, 0.1) is 37.5 Å². The molecular weight excluding hydrogens is 505 g/mol. The van der Waals surface area contributed by atoms with E-state index in [0.717, 1.165) is 17.8 Å². The lowest BCUT2D eigenvalue weighted by atomic mass is 10.1. The molecule has 2 aromatic carbocycles. The van der Waals surface area contributed by atoms with Gasteiger partial charge in [0.1, 0.15) is 4.32 Å². The van der Waals surface area contributed by atoms with Crippen LogP contribution in [0.4, 0.5) is 18.9 Å². The molecule has 0 atom stereocenters. The zero-order chi connectivity index (χ0) is 25.8. The van der Waals surface area contributed by atoms with Gasteiger partial charge in [0, 0.05) is 13.0 Å². The van der Waals surface area contributed by atoms with Gasteiger partial charge in [-0.2, -0.15) is 13.2 Å². The standard InChI is InChI=1S/C23H21F3N2O5S2/c1-31-16-10-13(11-17(32-2)20(16)33-3)12-18-21(30)28(22(34)35-18)9-8-19(29)27-15-7-5-4-6-14(15)23(24,25)26/h4-7,10-12H,8-9H2,1-3H3,(H,27,29)/b18-12+. The van der Waals surface area contributed by atoms with Gasteiger partial charge in [-0.3, -0.25) is 14.5 Å². The molecule has 0 bridgehead atoms. The lowest BCUT2D eigenvalue weighted by Crippen LogP contribution is -2.31. The van der Waals surface area contributed by atoms with Crippen LogP contribution in [-0.4, -0.2) is 48.9 Å². The van der Waals surface area contributed by atoms with E-state index in [0.29, 0.717) is 27.7 Å². The van der Waals surface area contributed by atoms with Crippen molar-refractivity contribution < 1.29 is 37.0 Å². The third kappa shape index (κ3) is 6.06. The van der Waals surface area contributed by atoms with E-state index in [9.17, 15) is 22.8 Å². The molecule has 0 saturated carbocycles. The van der Waals surface area contributed by atoms with Gasteiger partial charge in [0.15, 0.2) is 11.5 Å². The fraction of sp³-hybridized carbons (Fsp3) is 0.261. The van der Waals surface area contributed by atoms with Crippen LogP contribution in [-0.2, 0) is 15.8 Å². The molecule has 3 rings (SSSR count). The Morgan fingerprint density at radius 1 is 1.11 bits per heavy atom. The van der Waals surface area contributed by atoms with Crippen LogP contribution in [0.15, 0.2) is 41.3 Å². The fourth-order valence-electron chi connectivity index (χ4n) is 3.29. The minimum Gasteiger partial charge on any atom is -0.493 e. The average Bonchev–Trinajstić information content (AvgIpc) is 3.08. The number of methoxy groups -OCH3 is 3. The minimum atomic E-state index is -4.61. The Labute approximate surface area is 209 Å². The number of thioether (sulfide) groups is 1. The van der Waals surface area contributed by atoms with E-state index in [-0.39, 0.29) is 23.0 Å². The number of hydrogen-bond acceptors (Lipinski definition) is 7. The molecule has 1 N–H and O–H groups in total. The SMILES string of the molecule is COc1cc(/C=C2/SC(=S)N(CCC(=O)Nc3ccccc3C(F)(F)F)C2=O)cc(OC)c1OC. The molecule has 0 unspecified atom stereocenters. The number of thiocarbonyl (C=S) groups is 1. The van der Waals surface area contributed by atoms with Crippen molar-refractivity contribution in [3.63, 3.8) is 0 Å². The van der Waals surface area contributed by atoms with Crippen LogP contribution in [0.1, 0.15) is 17.5 Å². The van der Waals surface area contributed by atoms with Crippen molar-refractivity contribution in [3.05, 3.63) is 52.4 Å². The van der Waals surface area contributed by atoms with Gasteiger partial charge < -0.3 is 19.5 Å². The molecule has 0 radical (unpaired) electrons. The minimum absolute atomic E-state index is 0.0860. The summed E-state index contributed by atoms with van der Waals surface area (Å²) in [5.74, 6) is 0.119. The number of amides is 2. The molecule has 186 valence electrons. The first-order valence-electron chi connectivity index (χ1n) is 10.1. The summed E-state index contributed by atoms with van der Waals surface area (Å²) >= 11 is 6.33.